The molecule has 1 heterocycles. The Kier molecular flexibility index (Phi) is 11.6. The second kappa shape index (κ2) is 16.8. The van der Waals surface area contributed by atoms with Gasteiger partial charge in [-0.25, -0.2) is 10.4 Å². The minimum Gasteiger partial charge on any atom is -0.494 e. The van der Waals surface area contributed by atoms with Crippen molar-refractivity contribution >= 4 is 29.1 Å². The average Bonchev–Trinajstić information content (AvgIpc) is 3.56. The molecule has 1 aliphatic heterocycles. The summed E-state index contributed by atoms with van der Waals surface area (Å²) in [6.45, 7) is 0.872. The Labute approximate surface area is 301 Å². The van der Waals surface area contributed by atoms with Gasteiger partial charge in [-0.2, -0.15) is 0 Å². The lowest BCUT2D eigenvalue weighted by molar-refractivity contribution is -0.130. The molecule has 5 aromatic rings. The van der Waals surface area contributed by atoms with Crippen LogP contribution in [0.4, 0.5) is 5.69 Å². The summed E-state index contributed by atoms with van der Waals surface area (Å²) >= 11 is 6.06. The molecule has 0 aliphatic carbocycles. The van der Waals surface area contributed by atoms with E-state index < -0.39 is 17.6 Å². The summed E-state index contributed by atoms with van der Waals surface area (Å²) < 4.78 is 12.4. The molecule has 6 rings (SSSR count). The van der Waals surface area contributed by atoms with Crippen LogP contribution in [0.15, 0.2) is 138 Å². The largest absolute Gasteiger partial charge is 0.494 e. The van der Waals surface area contributed by atoms with Gasteiger partial charge in [0.05, 0.1) is 6.61 Å². The Bertz CT molecular complexity index is 2000. The van der Waals surface area contributed by atoms with Gasteiger partial charge in [0.2, 0.25) is 5.90 Å². The third-order valence-corrected chi connectivity index (χ3v) is 8.86. The summed E-state index contributed by atoms with van der Waals surface area (Å²) in [6.07, 6.45) is 0.385. The van der Waals surface area contributed by atoms with Gasteiger partial charge < -0.3 is 14.6 Å². The van der Waals surface area contributed by atoms with Crippen molar-refractivity contribution in [2.75, 3.05) is 19.8 Å². The molecule has 0 fully saturated rings. The number of halogens is 1. The zero-order chi connectivity index (χ0) is 35.5. The molecule has 5 aromatic carbocycles. The normalized spacial score (nSPS) is 16.4. The number of hydrogen-bond acceptors (Lipinski definition) is 7. The number of aliphatic hydroxyl groups excluding tert-OH is 1. The molecule has 1 aliphatic rings. The minimum absolute atomic E-state index is 0.0411. The highest BCUT2D eigenvalue weighted by atomic mass is 35.5. The molecular formula is C40H37ClN6O4. The molecule has 3 N–H and O–H groups in total. The van der Waals surface area contributed by atoms with E-state index in [1.807, 2.05) is 103 Å². The highest BCUT2D eigenvalue weighted by molar-refractivity contribution is 6.30. The van der Waals surface area contributed by atoms with Crippen LogP contribution in [-0.2, 0) is 22.4 Å². The summed E-state index contributed by atoms with van der Waals surface area (Å²) in [7, 11) is 0. The van der Waals surface area contributed by atoms with Crippen molar-refractivity contribution in [3.63, 3.8) is 0 Å². The van der Waals surface area contributed by atoms with Gasteiger partial charge in [0, 0.05) is 47.2 Å². The first-order valence-corrected chi connectivity index (χ1v) is 17.0. The fraction of sp³-hybridized carbons (Fsp3) is 0.200. The van der Waals surface area contributed by atoms with Gasteiger partial charge in [0.15, 0.2) is 11.6 Å². The van der Waals surface area contributed by atoms with E-state index >= 15 is 0 Å². The molecule has 0 aromatic heterocycles. The SMILES string of the molecule is [N-]=[N+]=Nc1ccccc1C[C@]1(C(=O)NNCCc2ccc(Cl)cc2)N=C(c2ccc(OCCCO)cc2)O[C@H]1c1ccc(-c2ccccc2)cc1. The maximum atomic E-state index is 14.6. The molecule has 0 saturated carbocycles. The molecule has 0 unspecified atom stereocenters. The number of rotatable bonds is 15. The van der Waals surface area contributed by atoms with E-state index in [1.165, 1.54) is 0 Å². The average molecular weight is 701 g/mol. The number of benzene rings is 5. The van der Waals surface area contributed by atoms with Crippen LogP contribution in [0.2, 0.25) is 5.02 Å². The minimum atomic E-state index is -1.52. The monoisotopic (exact) mass is 700 g/mol. The van der Waals surface area contributed by atoms with Gasteiger partial charge in [0.25, 0.3) is 5.91 Å². The second-order valence-electron chi connectivity index (χ2n) is 12.0. The number of carbonyl (C=O) groups excluding carboxylic acids is 1. The van der Waals surface area contributed by atoms with Crippen LogP contribution in [0.1, 0.15) is 34.8 Å². The van der Waals surface area contributed by atoms with Crippen LogP contribution < -0.4 is 15.6 Å². The third kappa shape index (κ3) is 8.57. The predicted octanol–water partition coefficient (Wildman–Crippen LogP) is 8.07. The van der Waals surface area contributed by atoms with Crippen LogP contribution >= 0.6 is 11.6 Å². The highest BCUT2D eigenvalue weighted by Gasteiger charge is 2.53. The van der Waals surface area contributed by atoms with E-state index in [2.05, 4.69) is 20.9 Å². The molecule has 0 bridgehead atoms. The van der Waals surface area contributed by atoms with E-state index in [-0.39, 0.29) is 18.9 Å². The van der Waals surface area contributed by atoms with E-state index in [4.69, 9.17) is 31.2 Å². The Hall–Kier alpha value is -5.64. The Morgan fingerprint density at radius 1 is 0.902 bits per heavy atom. The van der Waals surface area contributed by atoms with Crippen LogP contribution in [0, 0.1) is 0 Å². The van der Waals surface area contributed by atoms with Gasteiger partial charge in [0.1, 0.15) is 5.75 Å². The molecule has 258 valence electrons. The van der Waals surface area contributed by atoms with Gasteiger partial charge in [-0.1, -0.05) is 108 Å². The number of ether oxygens (including phenoxy) is 2. The van der Waals surface area contributed by atoms with Gasteiger partial charge in [-0.05, 0) is 76.2 Å². The molecule has 0 spiro atoms. The van der Waals surface area contributed by atoms with Crippen molar-refractivity contribution in [3.8, 4) is 16.9 Å². The van der Waals surface area contributed by atoms with Crippen molar-refractivity contribution in [2.45, 2.75) is 30.9 Å². The number of hydrazine groups is 1. The quantitative estimate of drug-likeness (QED) is 0.0333. The number of aliphatic hydroxyl groups is 1. The first kappa shape index (κ1) is 35.2. The Balaban J connectivity index is 1.38. The number of azide groups is 1. The topological polar surface area (TPSA) is 141 Å². The standard InChI is InChI=1S/C40H37ClN6O4/c41-34-19-11-28(12-20-34)23-24-43-46-39(49)40(27-33-9-4-5-10-36(33)45-47-42)37(31-15-13-30(14-16-31)29-7-2-1-3-8-29)51-38(44-40)32-17-21-35(22-18-32)50-26-6-25-48/h1-5,7-22,37,43,48H,6,23-27H2,(H,46,49)/t37-,40-/m0/s1. The lowest BCUT2D eigenvalue weighted by Crippen LogP contribution is -2.54. The summed E-state index contributed by atoms with van der Waals surface area (Å²) in [6, 6.07) is 39.9. The zero-order valence-corrected chi connectivity index (χ0v) is 28.5. The van der Waals surface area contributed by atoms with Crippen molar-refractivity contribution in [2.24, 2.45) is 10.1 Å². The van der Waals surface area contributed by atoms with Crippen LogP contribution in [0.5, 0.6) is 5.75 Å². The third-order valence-electron chi connectivity index (χ3n) is 8.61. The number of amides is 1. The van der Waals surface area contributed by atoms with E-state index in [9.17, 15) is 10.3 Å². The summed E-state index contributed by atoms with van der Waals surface area (Å²) in [5, 5.41) is 13.7. The number of nitrogens with one attached hydrogen (secondary N) is 2. The molecule has 1 amide bonds. The van der Waals surface area contributed by atoms with Crippen molar-refractivity contribution in [3.05, 3.63) is 165 Å². The lowest BCUT2D eigenvalue weighted by atomic mass is 9.81. The van der Waals surface area contributed by atoms with Gasteiger partial charge in [-0.15, -0.1) is 0 Å². The van der Waals surface area contributed by atoms with Gasteiger partial charge >= 0.3 is 0 Å². The number of aliphatic imine (C=N–C) groups is 1. The summed E-state index contributed by atoms with van der Waals surface area (Å²) in [5.74, 6) is 0.507. The number of carbonyl (C=O) groups is 1. The Morgan fingerprint density at radius 2 is 1.59 bits per heavy atom. The molecule has 0 saturated heterocycles. The number of hydrogen-bond donors (Lipinski definition) is 3. The number of nitrogens with zero attached hydrogens (tertiary/aromatic N) is 4. The Morgan fingerprint density at radius 3 is 2.31 bits per heavy atom. The fourth-order valence-corrected chi connectivity index (χ4v) is 6.09. The van der Waals surface area contributed by atoms with E-state index in [1.54, 1.807) is 24.3 Å². The molecule has 10 nitrogen and oxygen atoms in total. The summed E-state index contributed by atoms with van der Waals surface area (Å²) in [5.41, 5.74) is 19.4. The molecule has 2 atom stereocenters. The van der Waals surface area contributed by atoms with Crippen molar-refractivity contribution < 1.29 is 19.4 Å². The van der Waals surface area contributed by atoms with Gasteiger partial charge in [-0.3, -0.25) is 10.2 Å². The second-order valence-corrected chi connectivity index (χ2v) is 12.5. The van der Waals surface area contributed by atoms with Crippen molar-refractivity contribution in [1.82, 2.24) is 10.9 Å². The molecular weight excluding hydrogens is 664 g/mol. The molecule has 0 radical (unpaired) electrons. The van der Waals surface area contributed by atoms with Crippen molar-refractivity contribution in [1.29, 1.82) is 0 Å². The highest BCUT2D eigenvalue weighted by Crippen LogP contribution is 2.44. The fourth-order valence-electron chi connectivity index (χ4n) is 5.97. The smallest absolute Gasteiger partial charge is 0.266 e. The molecule has 51 heavy (non-hydrogen) atoms. The predicted molar refractivity (Wildman–Crippen MR) is 199 cm³/mol. The zero-order valence-electron chi connectivity index (χ0n) is 27.8. The first-order valence-electron chi connectivity index (χ1n) is 16.7. The van der Waals surface area contributed by atoms with Crippen LogP contribution in [0.25, 0.3) is 21.6 Å². The summed E-state index contributed by atoms with van der Waals surface area (Å²) in [4.78, 5) is 22.7. The van der Waals surface area contributed by atoms with E-state index in [0.29, 0.717) is 53.6 Å². The van der Waals surface area contributed by atoms with Crippen LogP contribution in [-0.4, -0.2) is 42.2 Å². The van der Waals surface area contributed by atoms with E-state index in [0.717, 1.165) is 22.3 Å². The van der Waals surface area contributed by atoms with Crippen LogP contribution in [0.3, 0.4) is 0 Å². The first-order chi connectivity index (χ1) is 25.0. The maximum absolute atomic E-state index is 14.6. The molecule has 11 heteroatoms. The lowest BCUT2D eigenvalue weighted by Gasteiger charge is -2.31. The maximum Gasteiger partial charge on any atom is 0.266 e.